The maximum atomic E-state index is 11.8. The van der Waals surface area contributed by atoms with Crippen molar-refractivity contribution in [2.45, 2.75) is 33.6 Å². The summed E-state index contributed by atoms with van der Waals surface area (Å²) in [4.78, 5) is 25.2. The fraction of sp³-hybridized carbons (Fsp3) is 0.833. The Balaban J connectivity index is 2.53. The van der Waals surface area contributed by atoms with E-state index in [9.17, 15) is 9.59 Å². The van der Waals surface area contributed by atoms with Crippen LogP contribution in [0.4, 0.5) is 0 Å². The first kappa shape index (κ1) is 13.0. The zero-order valence-electron chi connectivity index (χ0n) is 10.4. The van der Waals surface area contributed by atoms with Crippen LogP contribution >= 0.6 is 0 Å². The monoisotopic (exact) mass is 227 g/mol. The number of hydrogen-bond acceptors (Lipinski definition) is 3. The average Bonchev–Trinajstić information content (AvgIpc) is 2.28. The Labute approximate surface area is 96.9 Å². The Morgan fingerprint density at radius 2 is 2.12 bits per heavy atom. The van der Waals surface area contributed by atoms with Crippen LogP contribution in [0.1, 0.15) is 33.6 Å². The lowest BCUT2D eigenvalue weighted by Gasteiger charge is -2.32. The molecule has 0 bridgehead atoms. The molecule has 1 atom stereocenters. The van der Waals surface area contributed by atoms with Gasteiger partial charge < -0.3 is 9.64 Å². The first-order valence-electron chi connectivity index (χ1n) is 6.01. The second-order valence-electron chi connectivity index (χ2n) is 4.53. The number of ether oxygens (including phenoxy) is 1. The Morgan fingerprint density at radius 3 is 2.69 bits per heavy atom. The molecule has 0 saturated carbocycles. The number of esters is 1. The molecule has 1 amide bonds. The van der Waals surface area contributed by atoms with Crippen LogP contribution in [-0.4, -0.2) is 36.5 Å². The molecule has 1 aliphatic rings. The molecule has 0 N–H and O–H groups in total. The van der Waals surface area contributed by atoms with E-state index in [1.807, 2.05) is 13.8 Å². The SMILES string of the molecule is CCOC(=O)C1CCCN(C(=O)C(C)C)C1. The van der Waals surface area contributed by atoms with Gasteiger partial charge in [-0.25, -0.2) is 0 Å². The molecule has 0 aliphatic carbocycles. The lowest BCUT2D eigenvalue weighted by molar-refractivity contribution is -0.151. The molecule has 1 saturated heterocycles. The molecule has 0 aromatic rings. The van der Waals surface area contributed by atoms with Gasteiger partial charge in [-0.2, -0.15) is 0 Å². The van der Waals surface area contributed by atoms with Crippen molar-refractivity contribution in [2.75, 3.05) is 19.7 Å². The Morgan fingerprint density at radius 1 is 1.44 bits per heavy atom. The second-order valence-corrected chi connectivity index (χ2v) is 4.53. The van der Waals surface area contributed by atoms with Crippen LogP contribution in [0.2, 0.25) is 0 Å². The molecule has 1 fully saturated rings. The van der Waals surface area contributed by atoms with Crippen LogP contribution in [0.25, 0.3) is 0 Å². The van der Waals surface area contributed by atoms with E-state index in [1.54, 1.807) is 11.8 Å². The molecule has 4 nitrogen and oxygen atoms in total. The van der Waals surface area contributed by atoms with Gasteiger partial charge in [0.05, 0.1) is 12.5 Å². The molecule has 0 radical (unpaired) electrons. The molecule has 0 aromatic heterocycles. The Bertz CT molecular complexity index is 263. The molecule has 16 heavy (non-hydrogen) atoms. The van der Waals surface area contributed by atoms with E-state index in [2.05, 4.69) is 0 Å². The highest BCUT2D eigenvalue weighted by atomic mass is 16.5. The van der Waals surface area contributed by atoms with Gasteiger partial charge in [0.2, 0.25) is 5.91 Å². The normalized spacial score (nSPS) is 21.0. The first-order valence-corrected chi connectivity index (χ1v) is 6.01. The Kier molecular flexibility index (Phi) is 4.77. The summed E-state index contributed by atoms with van der Waals surface area (Å²) in [7, 11) is 0. The lowest BCUT2D eigenvalue weighted by atomic mass is 9.97. The van der Waals surface area contributed by atoms with Gasteiger partial charge in [-0.05, 0) is 19.8 Å². The lowest BCUT2D eigenvalue weighted by Crippen LogP contribution is -2.44. The van der Waals surface area contributed by atoms with Gasteiger partial charge in [-0.3, -0.25) is 9.59 Å². The van der Waals surface area contributed by atoms with E-state index in [-0.39, 0.29) is 23.7 Å². The van der Waals surface area contributed by atoms with Gasteiger partial charge in [0.1, 0.15) is 0 Å². The quantitative estimate of drug-likeness (QED) is 0.685. The summed E-state index contributed by atoms with van der Waals surface area (Å²) >= 11 is 0. The van der Waals surface area contributed by atoms with E-state index in [4.69, 9.17) is 4.74 Å². The van der Waals surface area contributed by atoms with E-state index in [1.165, 1.54) is 0 Å². The first-order chi connectivity index (χ1) is 7.56. The van der Waals surface area contributed by atoms with Crippen molar-refractivity contribution in [2.24, 2.45) is 11.8 Å². The third-order valence-electron chi connectivity index (χ3n) is 2.85. The maximum absolute atomic E-state index is 11.8. The van der Waals surface area contributed by atoms with Gasteiger partial charge in [0.15, 0.2) is 0 Å². The maximum Gasteiger partial charge on any atom is 0.310 e. The summed E-state index contributed by atoms with van der Waals surface area (Å²) in [6.07, 6.45) is 1.72. The van der Waals surface area contributed by atoms with Gasteiger partial charge in [0, 0.05) is 19.0 Å². The number of carbonyl (C=O) groups is 2. The molecular weight excluding hydrogens is 206 g/mol. The topological polar surface area (TPSA) is 46.6 Å². The molecule has 0 aromatic carbocycles. The van der Waals surface area contributed by atoms with E-state index < -0.39 is 0 Å². The zero-order valence-corrected chi connectivity index (χ0v) is 10.4. The summed E-state index contributed by atoms with van der Waals surface area (Å²) in [5.74, 6) is -0.157. The number of hydrogen-bond donors (Lipinski definition) is 0. The number of amides is 1. The van der Waals surface area contributed by atoms with Crippen molar-refractivity contribution in [3.63, 3.8) is 0 Å². The number of carbonyl (C=O) groups excluding carboxylic acids is 2. The standard InChI is InChI=1S/C12H21NO3/c1-4-16-12(15)10-6-5-7-13(8-10)11(14)9(2)3/h9-10H,4-8H2,1-3H3. The predicted octanol–water partition coefficient (Wildman–Crippen LogP) is 1.44. The third-order valence-corrected chi connectivity index (χ3v) is 2.85. The summed E-state index contributed by atoms with van der Waals surface area (Å²) in [6, 6.07) is 0. The average molecular weight is 227 g/mol. The van der Waals surface area contributed by atoms with Crippen LogP contribution in [0.15, 0.2) is 0 Å². The summed E-state index contributed by atoms with van der Waals surface area (Å²) < 4.78 is 4.99. The number of rotatable bonds is 3. The number of likely N-dealkylation sites (tertiary alicyclic amines) is 1. The zero-order chi connectivity index (χ0) is 12.1. The fourth-order valence-electron chi connectivity index (χ4n) is 1.99. The van der Waals surface area contributed by atoms with Crippen molar-refractivity contribution in [1.29, 1.82) is 0 Å². The van der Waals surface area contributed by atoms with E-state index in [0.29, 0.717) is 13.2 Å². The van der Waals surface area contributed by atoms with Crippen LogP contribution in [0.3, 0.4) is 0 Å². The fourth-order valence-corrected chi connectivity index (χ4v) is 1.99. The minimum Gasteiger partial charge on any atom is -0.466 e. The van der Waals surface area contributed by atoms with Crippen LogP contribution in [0, 0.1) is 11.8 Å². The van der Waals surface area contributed by atoms with Crippen molar-refractivity contribution in [3.05, 3.63) is 0 Å². The highest BCUT2D eigenvalue weighted by Crippen LogP contribution is 2.19. The van der Waals surface area contributed by atoms with Gasteiger partial charge in [0.25, 0.3) is 0 Å². The molecular formula is C12H21NO3. The minimum atomic E-state index is -0.163. The molecule has 92 valence electrons. The highest BCUT2D eigenvalue weighted by Gasteiger charge is 2.29. The van der Waals surface area contributed by atoms with Gasteiger partial charge in [-0.15, -0.1) is 0 Å². The van der Waals surface area contributed by atoms with Gasteiger partial charge in [-0.1, -0.05) is 13.8 Å². The molecule has 1 unspecified atom stereocenters. The summed E-state index contributed by atoms with van der Waals surface area (Å²) in [5.41, 5.74) is 0. The minimum absolute atomic E-state index is 0.000876. The smallest absolute Gasteiger partial charge is 0.310 e. The van der Waals surface area contributed by atoms with Crippen LogP contribution < -0.4 is 0 Å². The number of nitrogens with zero attached hydrogens (tertiary/aromatic N) is 1. The van der Waals surface area contributed by atoms with Crippen LogP contribution in [-0.2, 0) is 14.3 Å². The summed E-state index contributed by atoms with van der Waals surface area (Å²) in [6.45, 7) is 7.28. The Hall–Kier alpha value is -1.06. The predicted molar refractivity (Wildman–Crippen MR) is 60.8 cm³/mol. The number of piperidine rings is 1. The largest absolute Gasteiger partial charge is 0.466 e. The molecule has 1 aliphatic heterocycles. The van der Waals surface area contributed by atoms with Crippen molar-refractivity contribution in [1.82, 2.24) is 4.90 Å². The molecule has 1 heterocycles. The van der Waals surface area contributed by atoms with Crippen LogP contribution in [0.5, 0.6) is 0 Å². The molecule has 4 heteroatoms. The van der Waals surface area contributed by atoms with Crippen molar-refractivity contribution in [3.8, 4) is 0 Å². The highest BCUT2D eigenvalue weighted by molar-refractivity contribution is 5.79. The van der Waals surface area contributed by atoms with Crippen molar-refractivity contribution < 1.29 is 14.3 Å². The second kappa shape index (κ2) is 5.87. The third kappa shape index (κ3) is 3.22. The molecule has 1 rings (SSSR count). The molecule has 0 spiro atoms. The van der Waals surface area contributed by atoms with E-state index in [0.717, 1.165) is 19.4 Å². The van der Waals surface area contributed by atoms with Gasteiger partial charge >= 0.3 is 5.97 Å². The van der Waals surface area contributed by atoms with E-state index >= 15 is 0 Å². The van der Waals surface area contributed by atoms with Crippen molar-refractivity contribution >= 4 is 11.9 Å². The summed E-state index contributed by atoms with van der Waals surface area (Å²) in [5, 5.41) is 0.